The van der Waals surface area contributed by atoms with Crippen molar-refractivity contribution in [2.24, 2.45) is 0 Å². The number of carbonyl (C=O) groups is 2. The summed E-state index contributed by atoms with van der Waals surface area (Å²) in [7, 11) is 0. The van der Waals surface area contributed by atoms with E-state index >= 15 is 0 Å². The molecular formula is C26H35N3O5. The number of nitrogens with one attached hydrogen (secondary N) is 1. The van der Waals surface area contributed by atoms with E-state index in [0.29, 0.717) is 28.3 Å². The molecule has 34 heavy (non-hydrogen) atoms. The van der Waals surface area contributed by atoms with Crippen LogP contribution in [0.3, 0.4) is 0 Å². The number of hydrogen-bond donors (Lipinski definition) is 4. The SMILES string of the molecule is CC(C)(C)c1cc(NC(=O)C2CC(Oc3ccc(N)cc3)CN2C(=O)O)cc(C(C)(C)C)c1O. The second-order valence-corrected chi connectivity index (χ2v) is 10.9. The van der Waals surface area contributed by atoms with Gasteiger partial charge in [-0.25, -0.2) is 4.79 Å². The van der Waals surface area contributed by atoms with Crippen LogP contribution in [-0.2, 0) is 15.6 Å². The lowest BCUT2D eigenvalue weighted by atomic mass is 9.79. The highest BCUT2D eigenvalue weighted by Crippen LogP contribution is 2.41. The first-order valence-corrected chi connectivity index (χ1v) is 11.4. The minimum atomic E-state index is -1.18. The molecule has 1 aliphatic rings. The second kappa shape index (κ2) is 9.08. The normalized spacial score (nSPS) is 18.6. The molecule has 0 spiro atoms. The van der Waals surface area contributed by atoms with E-state index in [4.69, 9.17) is 10.5 Å². The fourth-order valence-electron chi connectivity index (χ4n) is 4.16. The number of anilines is 2. The lowest BCUT2D eigenvalue weighted by molar-refractivity contribution is -0.120. The summed E-state index contributed by atoms with van der Waals surface area (Å²) in [6, 6.07) is 9.44. The summed E-state index contributed by atoms with van der Waals surface area (Å²) >= 11 is 0. The molecule has 0 saturated carbocycles. The van der Waals surface area contributed by atoms with Crippen molar-refractivity contribution in [3.63, 3.8) is 0 Å². The molecule has 2 aromatic rings. The summed E-state index contributed by atoms with van der Waals surface area (Å²) in [5.74, 6) is 0.341. The average molecular weight is 470 g/mol. The zero-order valence-corrected chi connectivity index (χ0v) is 20.7. The number of aromatic hydroxyl groups is 1. The van der Waals surface area contributed by atoms with Crippen LogP contribution in [0.4, 0.5) is 16.2 Å². The third-order valence-corrected chi connectivity index (χ3v) is 5.99. The number of amides is 2. The number of carboxylic acid groups (broad SMARTS) is 1. The van der Waals surface area contributed by atoms with E-state index in [-0.39, 0.29) is 29.5 Å². The molecule has 184 valence electrons. The topological polar surface area (TPSA) is 125 Å². The Morgan fingerprint density at radius 3 is 2.03 bits per heavy atom. The minimum absolute atomic E-state index is 0.0772. The van der Waals surface area contributed by atoms with Gasteiger partial charge in [0, 0.05) is 28.9 Å². The van der Waals surface area contributed by atoms with E-state index in [2.05, 4.69) is 5.32 Å². The molecule has 1 heterocycles. The van der Waals surface area contributed by atoms with Gasteiger partial charge in [-0.2, -0.15) is 0 Å². The lowest BCUT2D eigenvalue weighted by Crippen LogP contribution is -2.42. The van der Waals surface area contributed by atoms with Crippen LogP contribution in [0.2, 0.25) is 0 Å². The average Bonchev–Trinajstić information content (AvgIpc) is 3.13. The van der Waals surface area contributed by atoms with Gasteiger partial charge in [0.2, 0.25) is 5.91 Å². The molecule has 2 atom stereocenters. The highest BCUT2D eigenvalue weighted by atomic mass is 16.5. The number of hydrogen-bond acceptors (Lipinski definition) is 5. The number of nitrogen functional groups attached to an aromatic ring is 1. The molecule has 5 N–H and O–H groups in total. The number of likely N-dealkylation sites (tertiary alicyclic amines) is 1. The third kappa shape index (κ3) is 5.55. The van der Waals surface area contributed by atoms with Crippen molar-refractivity contribution in [3.8, 4) is 11.5 Å². The number of rotatable bonds is 4. The van der Waals surface area contributed by atoms with Gasteiger partial charge >= 0.3 is 6.09 Å². The van der Waals surface area contributed by atoms with Crippen LogP contribution in [-0.4, -0.2) is 45.8 Å². The fourth-order valence-corrected chi connectivity index (χ4v) is 4.16. The molecule has 1 saturated heterocycles. The van der Waals surface area contributed by atoms with Gasteiger partial charge < -0.3 is 26.0 Å². The van der Waals surface area contributed by atoms with E-state index in [9.17, 15) is 19.8 Å². The number of nitrogens with zero attached hydrogens (tertiary/aromatic N) is 1. The molecule has 0 bridgehead atoms. The van der Waals surface area contributed by atoms with E-state index in [0.717, 1.165) is 4.90 Å². The first kappa shape index (κ1) is 25.2. The van der Waals surface area contributed by atoms with Gasteiger partial charge in [-0.05, 0) is 47.2 Å². The van der Waals surface area contributed by atoms with Crippen LogP contribution >= 0.6 is 0 Å². The quantitative estimate of drug-likeness (QED) is 0.380. The predicted molar refractivity (Wildman–Crippen MR) is 133 cm³/mol. The Morgan fingerprint density at radius 2 is 1.56 bits per heavy atom. The van der Waals surface area contributed by atoms with Crippen molar-refractivity contribution in [3.05, 3.63) is 47.5 Å². The van der Waals surface area contributed by atoms with E-state index in [1.165, 1.54) is 0 Å². The first-order valence-electron chi connectivity index (χ1n) is 11.4. The lowest BCUT2D eigenvalue weighted by Gasteiger charge is -2.28. The standard InChI is InChI=1S/C26H35N3O5/c1-25(2,3)19-11-16(12-20(22(19)30)26(4,5)6)28-23(31)21-13-18(14-29(21)24(32)33)34-17-9-7-15(27)8-10-17/h7-12,18,21,30H,13-14,27H2,1-6H3,(H,28,31)(H,32,33). The molecule has 8 nitrogen and oxygen atoms in total. The Labute approximate surface area is 200 Å². The number of phenols is 1. The molecule has 2 unspecified atom stereocenters. The monoisotopic (exact) mass is 469 g/mol. The molecule has 1 aliphatic heterocycles. The van der Waals surface area contributed by atoms with Crippen molar-refractivity contribution in [1.29, 1.82) is 0 Å². The molecule has 0 radical (unpaired) electrons. The van der Waals surface area contributed by atoms with Crippen LogP contribution < -0.4 is 15.8 Å². The number of benzene rings is 2. The summed E-state index contributed by atoms with van der Waals surface area (Å²) in [6.45, 7) is 12.0. The number of ether oxygens (including phenoxy) is 1. The summed E-state index contributed by atoms with van der Waals surface area (Å²) in [6.07, 6.45) is -1.43. The molecular weight excluding hydrogens is 434 g/mol. The van der Waals surface area contributed by atoms with Crippen LogP contribution in [0.5, 0.6) is 11.5 Å². The Kier molecular flexibility index (Phi) is 6.73. The van der Waals surface area contributed by atoms with Crippen molar-refractivity contribution in [1.82, 2.24) is 4.90 Å². The van der Waals surface area contributed by atoms with Gasteiger partial charge in [0.25, 0.3) is 0 Å². The summed E-state index contributed by atoms with van der Waals surface area (Å²) in [4.78, 5) is 26.2. The van der Waals surface area contributed by atoms with E-state index < -0.39 is 24.1 Å². The zero-order valence-electron chi connectivity index (χ0n) is 20.7. The molecule has 0 aromatic heterocycles. The first-order chi connectivity index (χ1) is 15.7. The molecule has 8 heteroatoms. The van der Waals surface area contributed by atoms with Crippen LogP contribution in [0, 0.1) is 0 Å². The Bertz CT molecular complexity index is 1030. The molecule has 1 fully saturated rings. The maximum absolute atomic E-state index is 13.2. The smallest absolute Gasteiger partial charge is 0.408 e. The van der Waals surface area contributed by atoms with Gasteiger partial charge in [-0.15, -0.1) is 0 Å². The van der Waals surface area contributed by atoms with Gasteiger partial charge in [-0.1, -0.05) is 41.5 Å². The maximum Gasteiger partial charge on any atom is 0.408 e. The molecule has 0 aliphatic carbocycles. The van der Waals surface area contributed by atoms with Gasteiger partial charge in [0.1, 0.15) is 23.6 Å². The highest BCUT2D eigenvalue weighted by molar-refractivity contribution is 5.97. The van der Waals surface area contributed by atoms with Gasteiger partial charge in [-0.3, -0.25) is 9.69 Å². The number of phenolic OH excluding ortho intramolecular Hbond substituents is 1. The molecule has 2 amide bonds. The van der Waals surface area contributed by atoms with E-state index in [1.54, 1.807) is 36.4 Å². The highest BCUT2D eigenvalue weighted by Gasteiger charge is 2.41. The summed E-state index contributed by atoms with van der Waals surface area (Å²) in [5, 5.41) is 23.5. The molecule has 3 rings (SSSR count). The van der Waals surface area contributed by atoms with E-state index in [1.807, 2.05) is 41.5 Å². The van der Waals surface area contributed by atoms with Crippen molar-refractivity contribution < 1.29 is 24.5 Å². The zero-order chi connectivity index (χ0) is 25.4. The van der Waals surface area contributed by atoms with Crippen LogP contribution in [0.25, 0.3) is 0 Å². The Hall–Kier alpha value is -3.42. The number of carbonyl (C=O) groups excluding carboxylic acids is 1. The second-order valence-electron chi connectivity index (χ2n) is 10.9. The number of nitrogens with two attached hydrogens (primary N) is 1. The predicted octanol–water partition coefficient (Wildman–Crippen LogP) is 4.71. The van der Waals surface area contributed by atoms with Crippen LogP contribution in [0.1, 0.15) is 59.1 Å². The van der Waals surface area contributed by atoms with Gasteiger partial charge in [0.05, 0.1) is 6.54 Å². The summed E-state index contributed by atoms with van der Waals surface area (Å²) in [5.41, 5.74) is 7.53. The fraction of sp³-hybridized carbons (Fsp3) is 0.462. The van der Waals surface area contributed by atoms with Crippen molar-refractivity contribution >= 4 is 23.4 Å². The Morgan fingerprint density at radius 1 is 1.03 bits per heavy atom. The Balaban J connectivity index is 1.85. The maximum atomic E-state index is 13.2. The van der Waals surface area contributed by atoms with Crippen LogP contribution in [0.15, 0.2) is 36.4 Å². The molecule has 2 aromatic carbocycles. The van der Waals surface area contributed by atoms with Crippen molar-refractivity contribution in [2.45, 2.75) is 70.9 Å². The minimum Gasteiger partial charge on any atom is -0.507 e. The summed E-state index contributed by atoms with van der Waals surface area (Å²) < 4.78 is 5.91. The third-order valence-electron chi connectivity index (χ3n) is 5.99. The van der Waals surface area contributed by atoms with Crippen molar-refractivity contribution in [2.75, 3.05) is 17.6 Å². The van der Waals surface area contributed by atoms with Gasteiger partial charge in [0.15, 0.2) is 0 Å². The largest absolute Gasteiger partial charge is 0.507 e.